The highest BCUT2D eigenvalue weighted by Gasteiger charge is 2.36. The molecule has 102 valence electrons. The largest absolute Gasteiger partial charge is 0.496 e. The number of amides is 1. The molecule has 1 aliphatic rings. The summed E-state index contributed by atoms with van der Waals surface area (Å²) < 4.78 is 10.3. The van der Waals surface area contributed by atoms with E-state index < -0.39 is 0 Å². The highest BCUT2D eigenvalue weighted by molar-refractivity contribution is 5.92. The van der Waals surface area contributed by atoms with Crippen LogP contribution in [0.5, 0.6) is 5.75 Å². The number of oxazole rings is 1. The van der Waals surface area contributed by atoms with Gasteiger partial charge >= 0.3 is 0 Å². The van der Waals surface area contributed by atoms with Crippen molar-refractivity contribution in [1.82, 2.24) is 10.3 Å². The number of ether oxygens (including phenoxy) is 1. The molecule has 5 heteroatoms. The van der Waals surface area contributed by atoms with E-state index >= 15 is 0 Å². The highest BCUT2D eigenvalue weighted by Crippen LogP contribution is 2.48. The highest BCUT2D eigenvalue weighted by atomic mass is 16.5. The van der Waals surface area contributed by atoms with Gasteiger partial charge in [0, 0.05) is 18.0 Å². The molecule has 5 nitrogen and oxygen atoms in total. The van der Waals surface area contributed by atoms with Crippen LogP contribution < -0.4 is 10.1 Å². The standard InChI is InChI=1S/C15H14N2O3/c1-3-13-17-11(8-20-13)15(18)16-7-10-9-5-4-6-12(19-2)14(9)10/h3-6,8,10H,1,7H2,2H3,(H,16,18). The Morgan fingerprint density at radius 3 is 3.15 bits per heavy atom. The van der Waals surface area contributed by atoms with Crippen LogP contribution in [0.4, 0.5) is 0 Å². The van der Waals surface area contributed by atoms with Gasteiger partial charge in [-0.2, -0.15) is 0 Å². The second-order valence-electron chi connectivity index (χ2n) is 4.50. The number of fused-ring (bicyclic) bond motifs is 1. The van der Waals surface area contributed by atoms with Crippen molar-refractivity contribution in [2.24, 2.45) is 0 Å². The fourth-order valence-electron chi connectivity index (χ4n) is 2.30. The average molecular weight is 270 g/mol. The predicted molar refractivity (Wildman–Crippen MR) is 73.8 cm³/mol. The number of nitrogens with one attached hydrogen (secondary N) is 1. The van der Waals surface area contributed by atoms with Gasteiger partial charge in [-0.25, -0.2) is 4.98 Å². The molecular formula is C15H14N2O3. The van der Waals surface area contributed by atoms with Crippen molar-refractivity contribution in [2.75, 3.05) is 13.7 Å². The van der Waals surface area contributed by atoms with Crippen molar-refractivity contribution >= 4 is 12.0 Å². The Bertz CT molecular complexity index is 676. The van der Waals surface area contributed by atoms with E-state index in [4.69, 9.17) is 9.15 Å². The van der Waals surface area contributed by atoms with Crippen LogP contribution in [-0.4, -0.2) is 24.5 Å². The van der Waals surface area contributed by atoms with E-state index in [1.165, 1.54) is 23.5 Å². The van der Waals surface area contributed by atoms with Gasteiger partial charge in [-0.05, 0) is 17.7 Å². The first-order valence-electron chi connectivity index (χ1n) is 6.27. The van der Waals surface area contributed by atoms with Crippen LogP contribution in [0.25, 0.3) is 6.08 Å². The Balaban J connectivity index is 1.61. The predicted octanol–water partition coefficient (Wildman–Crippen LogP) is 2.20. The maximum atomic E-state index is 11.9. The molecule has 0 spiro atoms. The fourth-order valence-corrected chi connectivity index (χ4v) is 2.30. The van der Waals surface area contributed by atoms with Crippen molar-refractivity contribution in [3.8, 4) is 5.75 Å². The second-order valence-corrected chi connectivity index (χ2v) is 4.50. The molecule has 1 heterocycles. The Labute approximate surface area is 116 Å². The number of benzene rings is 1. The normalized spacial score (nSPS) is 15.3. The van der Waals surface area contributed by atoms with E-state index in [2.05, 4.69) is 16.9 Å². The molecule has 0 radical (unpaired) electrons. The first-order chi connectivity index (χ1) is 9.74. The van der Waals surface area contributed by atoms with Crippen LogP contribution in [0.15, 0.2) is 35.5 Å². The summed E-state index contributed by atoms with van der Waals surface area (Å²) >= 11 is 0. The lowest BCUT2D eigenvalue weighted by molar-refractivity contribution is 0.0948. The molecule has 20 heavy (non-hydrogen) atoms. The summed E-state index contributed by atoms with van der Waals surface area (Å²) in [4.78, 5) is 15.9. The first-order valence-corrected chi connectivity index (χ1v) is 6.27. The number of carbonyl (C=O) groups excluding carboxylic acids is 1. The maximum Gasteiger partial charge on any atom is 0.273 e. The monoisotopic (exact) mass is 270 g/mol. The van der Waals surface area contributed by atoms with Crippen LogP contribution >= 0.6 is 0 Å². The first kappa shape index (κ1) is 12.5. The molecule has 2 aromatic rings. The second kappa shape index (κ2) is 4.85. The zero-order valence-corrected chi connectivity index (χ0v) is 11.1. The molecule has 1 aromatic heterocycles. The lowest BCUT2D eigenvalue weighted by Gasteiger charge is -2.01. The zero-order valence-electron chi connectivity index (χ0n) is 11.1. The van der Waals surface area contributed by atoms with Gasteiger partial charge < -0.3 is 14.5 Å². The van der Waals surface area contributed by atoms with Crippen molar-refractivity contribution in [2.45, 2.75) is 5.92 Å². The topological polar surface area (TPSA) is 64.4 Å². The summed E-state index contributed by atoms with van der Waals surface area (Å²) in [6.45, 7) is 4.06. The summed E-state index contributed by atoms with van der Waals surface area (Å²) in [5.41, 5.74) is 2.65. The van der Waals surface area contributed by atoms with Crippen molar-refractivity contribution < 1.29 is 13.9 Å². The Kier molecular flexibility index (Phi) is 3.02. The molecule has 1 atom stereocenters. The van der Waals surface area contributed by atoms with Crippen LogP contribution in [0.1, 0.15) is 33.4 Å². The van der Waals surface area contributed by atoms with E-state index in [0.29, 0.717) is 12.4 Å². The maximum absolute atomic E-state index is 11.9. The smallest absolute Gasteiger partial charge is 0.273 e. The van der Waals surface area contributed by atoms with Gasteiger partial charge in [-0.15, -0.1) is 0 Å². The Morgan fingerprint density at radius 2 is 2.45 bits per heavy atom. The molecule has 1 aliphatic carbocycles. The van der Waals surface area contributed by atoms with Gasteiger partial charge in [-0.3, -0.25) is 4.79 Å². The number of nitrogens with zero attached hydrogens (tertiary/aromatic N) is 1. The molecule has 1 unspecified atom stereocenters. The summed E-state index contributed by atoms with van der Waals surface area (Å²) in [6, 6.07) is 5.92. The van der Waals surface area contributed by atoms with Crippen LogP contribution in [0, 0.1) is 0 Å². The van der Waals surface area contributed by atoms with Gasteiger partial charge in [-0.1, -0.05) is 18.7 Å². The van der Waals surface area contributed by atoms with Crippen molar-refractivity contribution in [3.05, 3.63) is 53.8 Å². The summed E-state index contributed by atoms with van der Waals surface area (Å²) in [6.07, 6.45) is 2.78. The van der Waals surface area contributed by atoms with Gasteiger partial charge in [0.2, 0.25) is 5.89 Å². The van der Waals surface area contributed by atoms with Crippen LogP contribution in [0.3, 0.4) is 0 Å². The third-order valence-corrected chi connectivity index (χ3v) is 3.36. The molecule has 0 saturated heterocycles. The minimum atomic E-state index is -0.251. The fraction of sp³-hybridized carbons (Fsp3) is 0.200. The summed E-state index contributed by atoms with van der Waals surface area (Å²) in [5, 5.41) is 2.85. The van der Waals surface area contributed by atoms with E-state index in [1.54, 1.807) is 7.11 Å². The van der Waals surface area contributed by atoms with E-state index in [9.17, 15) is 4.79 Å². The van der Waals surface area contributed by atoms with E-state index in [0.717, 1.165) is 5.75 Å². The van der Waals surface area contributed by atoms with E-state index in [-0.39, 0.29) is 17.5 Å². The number of methoxy groups -OCH3 is 1. The zero-order chi connectivity index (χ0) is 14.1. The molecular weight excluding hydrogens is 256 g/mol. The Hall–Kier alpha value is -2.56. The molecule has 0 aliphatic heterocycles. The third kappa shape index (κ3) is 2.07. The number of hydrogen-bond acceptors (Lipinski definition) is 4. The van der Waals surface area contributed by atoms with Crippen molar-refractivity contribution in [3.63, 3.8) is 0 Å². The average Bonchev–Trinajstić information content (AvgIpc) is 2.97. The number of rotatable bonds is 5. The third-order valence-electron chi connectivity index (χ3n) is 3.36. The van der Waals surface area contributed by atoms with Gasteiger partial charge in [0.05, 0.1) is 7.11 Å². The molecule has 0 bridgehead atoms. The number of hydrogen-bond donors (Lipinski definition) is 1. The van der Waals surface area contributed by atoms with Crippen molar-refractivity contribution in [1.29, 1.82) is 0 Å². The SMILES string of the molecule is C=Cc1nc(C(=O)NCC2c3cccc(OC)c32)co1. The van der Waals surface area contributed by atoms with Crippen LogP contribution in [-0.2, 0) is 0 Å². The summed E-state index contributed by atoms with van der Waals surface area (Å²) in [7, 11) is 1.65. The molecule has 3 rings (SSSR count). The number of aromatic nitrogens is 1. The number of carbonyl (C=O) groups is 1. The molecule has 0 fully saturated rings. The molecule has 1 aromatic carbocycles. The molecule has 1 amide bonds. The molecule has 0 saturated carbocycles. The lowest BCUT2D eigenvalue weighted by Crippen LogP contribution is -2.25. The lowest BCUT2D eigenvalue weighted by atomic mass is 10.3. The van der Waals surface area contributed by atoms with Gasteiger partial charge in [0.1, 0.15) is 12.0 Å². The van der Waals surface area contributed by atoms with Crippen LogP contribution in [0.2, 0.25) is 0 Å². The van der Waals surface area contributed by atoms with E-state index in [1.807, 2.05) is 18.2 Å². The molecule has 1 N–H and O–H groups in total. The Morgan fingerprint density at radius 1 is 1.60 bits per heavy atom. The minimum Gasteiger partial charge on any atom is -0.496 e. The van der Waals surface area contributed by atoms with Gasteiger partial charge in [0.25, 0.3) is 5.91 Å². The summed E-state index contributed by atoms with van der Waals surface area (Å²) in [5.74, 6) is 1.19. The minimum absolute atomic E-state index is 0.231. The quantitative estimate of drug-likeness (QED) is 0.904. The van der Waals surface area contributed by atoms with Gasteiger partial charge in [0.15, 0.2) is 5.69 Å².